The van der Waals surface area contributed by atoms with E-state index < -0.39 is 59.7 Å². The van der Waals surface area contributed by atoms with Crippen LogP contribution in [0.15, 0.2) is 11.6 Å². The van der Waals surface area contributed by atoms with Crippen molar-refractivity contribution < 1.29 is 54.2 Å². The largest absolute Gasteiger partial charge is 0.463 e. The van der Waals surface area contributed by atoms with Crippen LogP contribution in [0.25, 0.3) is 0 Å². The second kappa shape index (κ2) is 7.78. The summed E-state index contributed by atoms with van der Waals surface area (Å²) in [5, 5.41) is 0. The molecule has 2 amide bonds. The van der Waals surface area contributed by atoms with E-state index in [9.17, 15) is 49.5 Å². The predicted octanol–water partition coefficient (Wildman–Crippen LogP) is 2.61. The maximum Gasteiger partial charge on any atom is 0.463 e. The molecule has 0 saturated heterocycles. The molecule has 0 aliphatic carbocycles. The van der Waals surface area contributed by atoms with Crippen molar-refractivity contribution in [2.75, 3.05) is 13.2 Å². The van der Waals surface area contributed by atoms with E-state index in [4.69, 9.17) is 0 Å². The van der Waals surface area contributed by atoms with E-state index in [1.807, 2.05) is 0 Å². The quantitative estimate of drug-likeness (QED) is 0.415. The highest BCUT2D eigenvalue weighted by Gasteiger charge is 2.65. The molecule has 0 saturated carbocycles. The lowest BCUT2D eigenvalue weighted by Crippen LogP contribution is -2.55. The van der Waals surface area contributed by atoms with E-state index in [1.54, 1.807) is 0 Å². The van der Waals surface area contributed by atoms with Crippen LogP contribution in [0.2, 0.25) is 0 Å². The summed E-state index contributed by atoms with van der Waals surface area (Å²) < 4.78 is 102. The number of halogens is 8. The van der Waals surface area contributed by atoms with E-state index >= 15 is 0 Å². The summed E-state index contributed by atoms with van der Waals surface area (Å²) in [6, 6.07) is 0. The summed E-state index contributed by atoms with van der Waals surface area (Å²) >= 11 is 0. The Balaban J connectivity index is 5.57. The number of imide groups is 1. The van der Waals surface area contributed by atoms with Crippen LogP contribution in [-0.2, 0) is 19.1 Å². The summed E-state index contributed by atoms with van der Waals surface area (Å²) in [4.78, 5) is 33.5. The summed E-state index contributed by atoms with van der Waals surface area (Å²) in [7, 11) is 0. The van der Waals surface area contributed by atoms with Gasteiger partial charge < -0.3 is 4.74 Å². The molecule has 13 heteroatoms. The first-order valence-corrected chi connectivity index (χ1v) is 6.20. The molecule has 0 aromatic carbocycles. The number of ether oxygens (including phenoxy) is 1. The number of hydrogen-bond acceptors (Lipinski definition) is 4. The van der Waals surface area contributed by atoms with Gasteiger partial charge in [-0.15, -0.1) is 0 Å². The lowest BCUT2D eigenvalue weighted by molar-refractivity contribution is -0.273. The first-order valence-electron chi connectivity index (χ1n) is 6.20. The van der Waals surface area contributed by atoms with Gasteiger partial charge in [0.2, 0.25) is 0 Å². The van der Waals surface area contributed by atoms with Crippen molar-refractivity contribution in [1.29, 1.82) is 0 Å². The molecule has 0 fully saturated rings. The molecule has 0 rings (SSSR count). The van der Waals surface area contributed by atoms with Crippen LogP contribution in [0.4, 0.5) is 35.1 Å². The Hall–Kier alpha value is -2.21. The van der Waals surface area contributed by atoms with Gasteiger partial charge in [0.1, 0.15) is 6.54 Å². The molecule has 0 N–H and O–H groups in total. The molecule has 0 aliphatic heterocycles. The molecule has 0 aliphatic rings. The fourth-order valence-corrected chi connectivity index (χ4v) is 1.20. The number of nitrogens with zero attached hydrogens (tertiary/aromatic N) is 1. The minimum atomic E-state index is -6.39. The Morgan fingerprint density at radius 1 is 1.00 bits per heavy atom. The van der Waals surface area contributed by atoms with Crippen LogP contribution < -0.4 is 0 Å². The van der Waals surface area contributed by atoms with Crippen LogP contribution >= 0.6 is 0 Å². The van der Waals surface area contributed by atoms with E-state index in [-0.39, 0.29) is 0 Å². The van der Waals surface area contributed by atoms with Crippen LogP contribution in [0, 0.1) is 0 Å². The van der Waals surface area contributed by atoms with Gasteiger partial charge in [0.05, 0.1) is 0 Å². The Morgan fingerprint density at radius 2 is 1.48 bits per heavy atom. The molecule has 0 bridgehead atoms. The minimum absolute atomic E-state index is 0.505. The molecule has 5 nitrogen and oxygen atoms in total. The zero-order chi connectivity index (χ0) is 20.2. The molecular formula is C12H11F8NO4. The minimum Gasteiger partial charge on any atom is -0.455 e. The summed E-state index contributed by atoms with van der Waals surface area (Å²) in [6.45, 7) is -1.94. The standard InChI is InChI=1S/C12H11F8NO4/c1-3-6(2)8(23)21(4-7(22)25-5-10(13,14)15)9(24)11(16,17)12(18,19)20/h3H,4-5H2,1-2H3/b6-3+. The van der Waals surface area contributed by atoms with E-state index in [1.165, 1.54) is 6.92 Å². The van der Waals surface area contributed by atoms with Gasteiger partial charge in [0, 0.05) is 5.57 Å². The zero-order valence-electron chi connectivity index (χ0n) is 12.6. The molecule has 144 valence electrons. The first kappa shape index (κ1) is 22.8. The molecule has 0 atom stereocenters. The number of amides is 2. The summed E-state index contributed by atoms with van der Waals surface area (Å²) in [5.74, 6) is -12.9. The Bertz CT molecular complexity index is 564. The predicted molar refractivity (Wildman–Crippen MR) is 64.2 cm³/mol. The van der Waals surface area contributed by atoms with Crippen LogP contribution in [0.1, 0.15) is 13.8 Å². The molecule has 0 aromatic rings. The zero-order valence-corrected chi connectivity index (χ0v) is 12.6. The van der Waals surface area contributed by atoms with E-state index in [0.717, 1.165) is 13.0 Å². The molecule has 0 spiro atoms. The Labute approximate surface area is 135 Å². The van der Waals surface area contributed by atoms with Crippen molar-refractivity contribution in [3.05, 3.63) is 11.6 Å². The second-order valence-electron chi connectivity index (χ2n) is 4.52. The molecule has 0 heterocycles. The lowest BCUT2D eigenvalue weighted by Gasteiger charge is -2.26. The number of esters is 1. The van der Waals surface area contributed by atoms with Gasteiger partial charge in [0.25, 0.3) is 5.91 Å². The first-order chi connectivity index (χ1) is 11.0. The van der Waals surface area contributed by atoms with E-state index in [0.29, 0.717) is 0 Å². The number of allylic oxidation sites excluding steroid dienone is 1. The molecule has 0 aromatic heterocycles. The molecular weight excluding hydrogens is 374 g/mol. The van der Waals surface area contributed by atoms with Crippen molar-refractivity contribution in [2.24, 2.45) is 0 Å². The van der Waals surface area contributed by atoms with Crippen LogP contribution in [0.5, 0.6) is 0 Å². The van der Waals surface area contributed by atoms with Crippen molar-refractivity contribution in [3.8, 4) is 0 Å². The number of alkyl halides is 8. The molecule has 0 radical (unpaired) electrons. The lowest BCUT2D eigenvalue weighted by atomic mass is 10.2. The molecule has 25 heavy (non-hydrogen) atoms. The number of carbonyl (C=O) groups is 3. The van der Waals surface area contributed by atoms with Gasteiger partial charge in [-0.1, -0.05) is 6.08 Å². The third-order valence-electron chi connectivity index (χ3n) is 2.57. The highest BCUT2D eigenvalue weighted by molar-refractivity contribution is 6.07. The fraction of sp³-hybridized carbons (Fsp3) is 0.583. The van der Waals surface area contributed by atoms with Gasteiger partial charge >= 0.3 is 30.2 Å². The average Bonchev–Trinajstić information content (AvgIpc) is 2.46. The SMILES string of the molecule is C/C=C(\C)C(=O)N(CC(=O)OCC(F)(F)F)C(=O)C(F)(F)C(F)(F)F. The topological polar surface area (TPSA) is 63.7 Å². The third kappa shape index (κ3) is 6.31. The smallest absolute Gasteiger partial charge is 0.455 e. The van der Waals surface area contributed by atoms with Crippen molar-refractivity contribution >= 4 is 17.8 Å². The van der Waals surface area contributed by atoms with Gasteiger partial charge in [-0.25, -0.2) is 0 Å². The third-order valence-corrected chi connectivity index (χ3v) is 2.57. The fourth-order valence-electron chi connectivity index (χ4n) is 1.20. The van der Waals surface area contributed by atoms with Gasteiger partial charge in [-0.2, -0.15) is 35.1 Å². The van der Waals surface area contributed by atoms with Crippen LogP contribution in [-0.4, -0.2) is 54.1 Å². The summed E-state index contributed by atoms with van der Waals surface area (Å²) in [5.41, 5.74) is -0.505. The number of rotatable bonds is 5. The normalized spacial score (nSPS) is 13.4. The molecule has 0 unspecified atom stereocenters. The highest BCUT2D eigenvalue weighted by atomic mass is 19.4. The van der Waals surface area contributed by atoms with Crippen molar-refractivity contribution in [1.82, 2.24) is 4.90 Å². The number of carbonyl (C=O) groups excluding carboxylic acids is 3. The Morgan fingerprint density at radius 3 is 1.84 bits per heavy atom. The van der Waals surface area contributed by atoms with Gasteiger partial charge in [-0.3, -0.25) is 19.3 Å². The van der Waals surface area contributed by atoms with Gasteiger partial charge in [0.15, 0.2) is 6.61 Å². The van der Waals surface area contributed by atoms with Gasteiger partial charge in [-0.05, 0) is 13.8 Å². The maximum absolute atomic E-state index is 13.1. The summed E-state index contributed by atoms with van der Waals surface area (Å²) in [6.07, 6.45) is -10.5. The maximum atomic E-state index is 13.1. The Kier molecular flexibility index (Phi) is 7.09. The van der Waals surface area contributed by atoms with E-state index in [2.05, 4.69) is 4.74 Å². The van der Waals surface area contributed by atoms with Crippen molar-refractivity contribution in [3.63, 3.8) is 0 Å². The highest BCUT2D eigenvalue weighted by Crippen LogP contribution is 2.37. The van der Waals surface area contributed by atoms with Crippen LogP contribution in [0.3, 0.4) is 0 Å². The average molecular weight is 385 g/mol. The number of hydrogen-bond donors (Lipinski definition) is 0. The second-order valence-corrected chi connectivity index (χ2v) is 4.52. The van der Waals surface area contributed by atoms with Crippen molar-refractivity contribution in [2.45, 2.75) is 32.1 Å². The monoisotopic (exact) mass is 385 g/mol.